The zero-order valence-electron chi connectivity index (χ0n) is 16.5. The predicted molar refractivity (Wildman–Crippen MR) is 110 cm³/mol. The Balaban J connectivity index is 1.89. The summed E-state index contributed by atoms with van der Waals surface area (Å²) >= 11 is 0. The molecular formula is C20H24N2O6S. The fourth-order valence-electron chi connectivity index (χ4n) is 3.15. The number of hydrogen-bond donors (Lipinski definition) is 1. The molecule has 0 aliphatic carbocycles. The topological polar surface area (TPSA) is 94.2 Å². The Morgan fingerprint density at radius 3 is 2.55 bits per heavy atom. The summed E-state index contributed by atoms with van der Waals surface area (Å²) in [6, 6.07) is 10.7. The van der Waals surface area contributed by atoms with Crippen LogP contribution in [0.25, 0.3) is 0 Å². The third-order valence-corrected chi connectivity index (χ3v) is 5.63. The maximum atomic E-state index is 13.0. The number of carbonyl (C=O) groups is 1. The van der Waals surface area contributed by atoms with Crippen LogP contribution in [0.2, 0.25) is 0 Å². The van der Waals surface area contributed by atoms with Crippen molar-refractivity contribution >= 4 is 27.3 Å². The highest BCUT2D eigenvalue weighted by Crippen LogP contribution is 2.33. The van der Waals surface area contributed by atoms with Gasteiger partial charge in [0.25, 0.3) is 0 Å². The molecule has 1 heterocycles. The second-order valence-corrected chi connectivity index (χ2v) is 8.39. The lowest BCUT2D eigenvalue weighted by atomic mass is 10.1. The highest BCUT2D eigenvalue weighted by Gasteiger charge is 2.32. The van der Waals surface area contributed by atoms with Crippen molar-refractivity contribution in [1.82, 2.24) is 0 Å². The second-order valence-electron chi connectivity index (χ2n) is 6.53. The van der Waals surface area contributed by atoms with Gasteiger partial charge in [-0.3, -0.25) is 9.10 Å². The minimum Gasteiger partial charge on any atom is -0.497 e. The SMILES string of the molecule is CC[C@H](C(=O)Nc1ccc2c(c1)OCCO2)N(c1cccc(OC)c1)S(C)(=O)=O. The van der Waals surface area contributed by atoms with E-state index in [2.05, 4.69) is 5.32 Å². The molecule has 2 aromatic rings. The van der Waals surface area contributed by atoms with Crippen LogP contribution in [0.4, 0.5) is 11.4 Å². The molecule has 0 saturated carbocycles. The Bertz CT molecular complexity index is 992. The van der Waals surface area contributed by atoms with Gasteiger partial charge in [-0.2, -0.15) is 0 Å². The first kappa shape index (κ1) is 20.8. The normalized spacial score (nSPS) is 14.0. The highest BCUT2D eigenvalue weighted by molar-refractivity contribution is 7.92. The molecule has 0 aromatic heterocycles. The first-order chi connectivity index (χ1) is 13.8. The van der Waals surface area contributed by atoms with Gasteiger partial charge in [-0.15, -0.1) is 0 Å². The number of amides is 1. The Hall–Kier alpha value is -2.94. The fourth-order valence-corrected chi connectivity index (χ4v) is 4.36. The number of rotatable bonds is 7. The highest BCUT2D eigenvalue weighted by atomic mass is 32.2. The Kier molecular flexibility index (Phi) is 6.17. The van der Waals surface area contributed by atoms with Gasteiger partial charge < -0.3 is 19.5 Å². The van der Waals surface area contributed by atoms with Gasteiger partial charge in [-0.05, 0) is 30.7 Å². The minimum absolute atomic E-state index is 0.278. The molecular weight excluding hydrogens is 396 g/mol. The van der Waals surface area contributed by atoms with Crippen molar-refractivity contribution < 1.29 is 27.4 Å². The third kappa shape index (κ3) is 4.73. The number of hydrogen-bond acceptors (Lipinski definition) is 6. The average molecular weight is 420 g/mol. The van der Waals surface area contributed by atoms with Crippen LogP contribution < -0.4 is 23.8 Å². The number of carbonyl (C=O) groups excluding carboxylic acids is 1. The Morgan fingerprint density at radius 1 is 1.17 bits per heavy atom. The summed E-state index contributed by atoms with van der Waals surface area (Å²) in [6.07, 6.45) is 1.35. The predicted octanol–water partition coefficient (Wildman–Crippen LogP) is 2.65. The van der Waals surface area contributed by atoms with Crippen molar-refractivity contribution in [3.63, 3.8) is 0 Å². The maximum absolute atomic E-state index is 13.0. The van der Waals surface area contributed by atoms with Crippen molar-refractivity contribution in [1.29, 1.82) is 0 Å². The van der Waals surface area contributed by atoms with Gasteiger partial charge >= 0.3 is 0 Å². The number of methoxy groups -OCH3 is 1. The van der Waals surface area contributed by atoms with E-state index in [1.807, 2.05) is 0 Å². The molecule has 0 spiro atoms. The lowest BCUT2D eigenvalue weighted by molar-refractivity contribution is -0.117. The third-order valence-electron chi connectivity index (χ3n) is 4.45. The number of nitrogens with one attached hydrogen (secondary N) is 1. The molecule has 0 saturated heterocycles. The molecule has 2 aromatic carbocycles. The molecule has 1 amide bonds. The Morgan fingerprint density at radius 2 is 1.90 bits per heavy atom. The molecule has 29 heavy (non-hydrogen) atoms. The van der Waals surface area contributed by atoms with Gasteiger partial charge in [0.05, 0.1) is 19.1 Å². The van der Waals surface area contributed by atoms with Crippen LogP contribution in [0.1, 0.15) is 13.3 Å². The van der Waals surface area contributed by atoms with E-state index in [0.29, 0.717) is 41.8 Å². The number of sulfonamides is 1. The molecule has 9 heteroatoms. The number of anilines is 2. The molecule has 0 radical (unpaired) electrons. The van der Waals surface area contributed by atoms with Crippen LogP contribution in [0.15, 0.2) is 42.5 Å². The summed E-state index contributed by atoms with van der Waals surface area (Å²) in [5.74, 6) is 1.20. The number of fused-ring (bicyclic) bond motifs is 1. The summed E-state index contributed by atoms with van der Waals surface area (Å²) < 4.78 is 42.4. The molecule has 8 nitrogen and oxygen atoms in total. The van der Waals surface area contributed by atoms with Crippen molar-refractivity contribution in [3.05, 3.63) is 42.5 Å². The summed E-state index contributed by atoms with van der Waals surface area (Å²) in [7, 11) is -2.24. The van der Waals surface area contributed by atoms with Crippen molar-refractivity contribution in [2.75, 3.05) is 36.2 Å². The van der Waals surface area contributed by atoms with Crippen LogP contribution in [0, 0.1) is 0 Å². The van der Waals surface area contributed by atoms with Gasteiger partial charge in [0.1, 0.15) is 25.0 Å². The van der Waals surface area contributed by atoms with E-state index in [-0.39, 0.29) is 6.42 Å². The summed E-state index contributed by atoms with van der Waals surface area (Å²) in [6.45, 7) is 2.66. The quantitative estimate of drug-likeness (QED) is 0.740. The molecule has 1 N–H and O–H groups in total. The van der Waals surface area contributed by atoms with Crippen LogP contribution in [0.3, 0.4) is 0 Å². The lowest BCUT2D eigenvalue weighted by Gasteiger charge is -2.30. The van der Waals surface area contributed by atoms with Crippen LogP contribution >= 0.6 is 0 Å². The molecule has 1 aliphatic heterocycles. The fraction of sp³-hybridized carbons (Fsp3) is 0.350. The molecule has 0 unspecified atom stereocenters. The van der Waals surface area contributed by atoms with Gasteiger partial charge in [0.2, 0.25) is 15.9 Å². The Labute approximate surface area is 170 Å². The van der Waals surface area contributed by atoms with E-state index < -0.39 is 22.0 Å². The monoisotopic (exact) mass is 420 g/mol. The molecule has 1 atom stereocenters. The zero-order valence-corrected chi connectivity index (χ0v) is 17.4. The van der Waals surface area contributed by atoms with Crippen LogP contribution in [-0.2, 0) is 14.8 Å². The van der Waals surface area contributed by atoms with E-state index in [4.69, 9.17) is 14.2 Å². The first-order valence-corrected chi connectivity index (χ1v) is 11.0. The van der Waals surface area contributed by atoms with Gasteiger partial charge in [0, 0.05) is 17.8 Å². The first-order valence-electron chi connectivity index (χ1n) is 9.17. The molecule has 0 bridgehead atoms. The van der Waals surface area contributed by atoms with E-state index in [9.17, 15) is 13.2 Å². The van der Waals surface area contributed by atoms with E-state index >= 15 is 0 Å². The number of benzene rings is 2. The van der Waals surface area contributed by atoms with Gasteiger partial charge in [-0.25, -0.2) is 8.42 Å². The van der Waals surface area contributed by atoms with Crippen LogP contribution in [-0.4, -0.2) is 46.9 Å². The molecule has 1 aliphatic rings. The standard InChI is InChI=1S/C20H24N2O6S/c1-4-17(22(29(3,24)25)15-6-5-7-16(13-15)26-2)20(23)21-14-8-9-18-19(12-14)28-11-10-27-18/h5-9,12-13,17H,4,10-11H2,1-3H3,(H,21,23)/t17-/m1/s1. The number of nitrogens with zero attached hydrogens (tertiary/aromatic N) is 1. The summed E-state index contributed by atoms with van der Waals surface area (Å²) in [4.78, 5) is 13.0. The van der Waals surface area contributed by atoms with Gasteiger partial charge in [-0.1, -0.05) is 13.0 Å². The minimum atomic E-state index is -3.73. The summed E-state index contributed by atoms with van der Waals surface area (Å²) in [5.41, 5.74) is 0.854. The van der Waals surface area contributed by atoms with Crippen molar-refractivity contribution in [2.45, 2.75) is 19.4 Å². The zero-order chi connectivity index (χ0) is 21.0. The molecule has 0 fully saturated rings. The average Bonchev–Trinajstić information content (AvgIpc) is 2.70. The summed E-state index contributed by atoms with van der Waals surface area (Å²) in [5, 5.41) is 2.78. The smallest absolute Gasteiger partial charge is 0.248 e. The maximum Gasteiger partial charge on any atom is 0.248 e. The van der Waals surface area contributed by atoms with E-state index in [1.54, 1.807) is 49.4 Å². The van der Waals surface area contributed by atoms with E-state index in [0.717, 1.165) is 10.6 Å². The van der Waals surface area contributed by atoms with Crippen molar-refractivity contribution in [2.24, 2.45) is 0 Å². The van der Waals surface area contributed by atoms with Crippen molar-refractivity contribution in [3.8, 4) is 17.2 Å². The lowest BCUT2D eigenvalue weighted by Crippen LogP contribution is -2.47. The van der Waals surface area contributed by atoms with Crippen LogP contribution in [0.5, 0.6) is 17.2 Å². The molecule has 3 rings (SSSR count). The number of ether oxygens (including phenoxy) is 3. The van der Waals surface area contributed by atoms with Gasteiger partial charge in [0.15, 0.2) is 11.5 Å². The van der Waals surface area contributed by atoms with E-state index in [1.165, 1.54) is 7.11 Å². The largest absolute Gasteiger partial charge is 0.497 e. The second kappa shape index (κ2) is 8.60. The molecule has 156 valence electrons.